The van der Waals surface area contributed by atoms with Gasteiger partial charge in [0.05, 0.1) is 5.02 Å². The third kappa shape index (κ3) is 6.77. The molecule has 1 aromatic carbocycles. The van der Waals surface area contributed by atoms with Crippen LogP contribution in [-0.2, 0) is 0 Å². The smallest absolute Gasteiger partial charge is 0.137 e. The molecule has 0 saturated heterocycles. The lowest BCUT2D eigenvalue weighted by Gasteiger charge is -2.09. The van der Waals surface area contributed by atoms with Gasteiger partial charge in [0.15, 0.2) is 0 Å². The van der Waals surface area contributed by atoms with E-state index in [0.29, 0.717) is 11.6 Å². The Hall–Kier alpha value is -0.440. The molecule has 0 aliphatic rings. The Morgan fingerprint density at radius 1 is 1.29 bits per heavy atom. The number of unbranched alkanes of at least 4 members (excludes halogenated alkanes) is 1. The summed E-state index contributed by atoms with van der Waals surface area (Å²) < 4.78 is 5.58. The van der Waals surface area contributed by atoms with E-state index in [-0.39, 0.29) is 12.4 Å². The minimum atomic E-state index is 0. The van der Waals surface area contributed by atoms with E-state index in [2.05, 4.69) is 12.2 Å². The van der Waals surface area contributed by atoms with Gasteiger partial charge in [-0.2, -0.15) is 0 Å². The molecular formula is C13H21Cl2NO. The van der Waals surface area contributed by atoms with Crippen LogP contribution in [-0.4, -0.2) is 19.7 Å². The fourth-order valence-corrected chi connectivity index (χ4v) is 1.67. The summed E-state index contributed by atoms with van der Waals surface area (Å²) in [4.78, 5) is 0. The first-order valence-corrected chi connectivity index (χ1v) is 6.21. The van der Waals surface area contributed by atoms with E-state index in [9.17, 15) is 0 Å². The second-order valence-electron chi connectivity index (χ2n) is 3.89. The fourth-order valence-electron chi connectivity index (χ4n) is 1.38. The molecule has 1 rings (SSSR count). The normalized spacial score (nSPS) is 9.82. The molecule has 0 aliphatic carbocycles. The van der Waals surface area contributed by atoms with Crippen molar-refractivity contribution in [2.24, 2.45) is 0 Å². The van der Waals surface area contributed by atoms with E-state index >= 15 is 0 Å². The van der Waals surface area contributed by atoms with Gasteiger partial charge >= 0.3 is 0 Å². The fraction of sp³-hybridized carbons (Fsp3) is 0.538. The van der Waals surface area contributed by atoms with Gasteiger partial charge in [-0.25, -0.2) is 0 Å². The third-order valence-electron chi connectivity index (χ3n) is 2.33. The molecule has 1 aromatic rings. The van der Waals surface area contributed by atoms with Gasteiger partial charge in [0.25, 0.3) is 0 Å². The van der Waals surface area contributed by atoms with Crippen LogP contribution in [0.5, 0.6) is 5.75 Å². The molecule has 0 aromatic heterocycles. The first kappa shape index (κ1) is 16.6. The lowest BCUT2D eigenvalue weighted by atomic mass is 10.2. The molecule has 0 saturated carbocycles. The van der Waals surface area contributed by atoms with Crippen molar-refractivity contribution < 1.29 is 4.74 Å². The van der Waals surface area contributed by atoms with Gasteiger partial charge in [-0.05, 0) is 37.6 Å². The Morgan fingerprint density at radius 2 is 2.06 bits per heavy atom. The highest BCUT2D eigenvalue weighted by atomic mass is 35.5. The number of halogens is 2. The summed E-state index contributed by atoms with van der Waals surface area (Å²) in [6.07, 6.45) is 2.43. The minimum absolute atomic E-state index is 0. The van der Waals surface area contributed by atoms with E-state index in [1.807, 2.05) is 25.1 Å². The third-order valence-corrected chi connectivity index (χ3v) is 2.63. The molecule has 0 amide bonds. The van der Waals surface area contributed by atoms with Crippen molar-refractivity contribution in [1.82, 2.24) is 5.32 Å². The van der Waals surface area contributed by atoms with Crippen LogP contribution in [0.4, 0.5) is 0 Å². The average molecular weight is 278 g/mol. The molecule has 0 radical (unpaired) electrons. The molecule has 2 nitrogen and oxygen atoms in total. The predicted molar refractivity (Wildman–Crippen MR) is 76.7 cm³/mol. The highest BCUT2D eigenvalue weighted by molar-refractivity contribution is 6.32. The van der Waals surface area contributed by atoms with Crippen LogP contribution in [0.3, 0.4) is 0 Å². The van der Waals surface area contributed by atoms with Crippen molar-refractivity contribution in [3.05, 3.63) is 28.8 Å². The van der Waals surface area contributed by atoms with Gasteiger partial charge in [-0.1, -0.05) is 31.0 Å². The zero-order valence-corrected chi connectivity index (χ0v) is 12.0. The van der Waals surface area contributed by atoms with E-state index in [1.54, 1.807) is 0 Å². The maximum absolute atomic E-state index is 6.05. The van der Waals surface area contributed by atoms with Crippen molar-refractivity contribution in [3.63, 3.8) is 0 Å². The van der Waals surface area contributed by atoms with Crippen molar-refractivity contribution in [3.8, 4) is 5.75 Å². The minimum Gasteiger partial charge on any atom is -0.491 e. The number of nitrogens with one attached hydrogen (secondary N) is 1. The lowest BCUT2D eigenvalue weighted by molar-refractivity contribution is 0.314. The Labute approximate surface area is 115 Å². The second-order valence-corrected chi connectivity index (χ2v) is 4.29. The monoisotopic (exact) mass is 277 g/mol. The first-order valence-electron chi connectivity index (χ1n) is 5.83. The molecule has 98 valence electrons. The second kappa shape index (κ2) is 9.58. The summed E-state index contributed by atoms with van der Waals surface area (Å²) in [5.41, 5.74) is 1.15. The number of ether oxygens (including phenoxy) is 1. The van der Waals surface area contributed by atoms with Crippen molar-refractivity contribution in [1.29, 1.82) is 0 Å². The molecule has 0 atom stereocenters. The Kier molecular flexibility index (Phi) is 9.33. The Morgan fingerprint density at radius 3 is 2.71 bits per heavy atom. The van der Waals surface area contributed by atoms with E-state index in [4.69, 9.17) is 16.3 Å². The molecule has 0 fully saturated rings. The largest absolute Gasteiger partial charge is 0.491 e. The van der Waals surface area contributed by atoms with Gasteiger partial charge in [0, 0.05) is 6.54 Å². The topological polar surface area (TPSA) is 21.3 Å². The lowest BCUT2D eigenvalue weighted by Crippen LogP contribution is -2.22. The summed E-state index contributed by atoms with van der Waals surface area (Å²) in [5.74, 6) is 0.768. The molecule has 0 heterocycles. The van der Waals surface area contributed by atoms with E-state index in [1.165, 1.54) is 12.8 Å². The van der Waals surface area contributed by atoms with Gasteiger partial charge in [0.1, 0.15) is 12.4 Å². The number of benzene rings is 1. The number of rotatable bonds is 7. The van der Waals surface area contributed by atoms with Crippen LogP contribution in [0.1, 0.15) is 25.3 Å². The van der Waals surface area contributed by atoms with Gasteiger partial charge < -0.3 is 10.1 Å². The standard InChI is InChI=1S/C13H20ClNO.ClH/c1-3-4-7-15-8-9-16-13-6-5-11(2)10-12(13)14;/h5-6,10,15H,3-4,7-9H2,1-2H3;1H. The highest BCUT2D eigenvalue weighted by Crippen LogP contribution is 2.24. The van der Waals surface area contributed by atoms with E-state index < -0.39 is 0 Å². The maximum atomic E-state index is 6.05. The average Bonchev–Trinajstić information content (AvgIpc) is 2.26. The zero-order valence-electron chi connectivity index (χ0n) is 10.5. The van der Waals surface area contributed by atoms with Crippen molar-refractivity contribution in [2.45, 2.75) is 26.7 Å². The van der Waals surface area contributed by atoms with Crippen LogP contribution < -0.4 is 10.1 Å². The first-order chi connectivity index (χ1) is 7.74. The highest BCUT2D eigenvalue weighted by Gasteiger charge is 2.00. The van der Waals surface area contributed by atoms with Gasteiger partial charge in [0.2, 0.25) is 0 Å². The number of hydrogen-bond donors (Lipinski definition) is 1. The summed E-state index contributed by atoms with van der Waals surface area (Å²) in [5, 5.41) is 4.01. The molecular weight excluding hydrogens is 257 g/mol. The van der Waals surface area contributed by atoms with E-state index in [0.717, 1.165) is 24.4 Å². The van der Waals surface area contributed by atoms with Crippen LogP contribution in [0.15, 0.2) is 18.2 Å². The molecule has 0 spiro atoms. The molecule has 0 unspecified atom stereocenters. The quantitative estimate of drug-likeness (QED) is 0.765. The summed E-state index contributed by atoms with van der Waals surface area (Å²) in [6.45, 7) is 6.78. The van der Waals surface area contributed by atoms with Crippen LogP contribution in [0, 0.1) is 6.92 Å². The van der Waals surface area contributed by atoms with Crippen LogP contribution in [0.25, 0.3) is 0 Å². The Bertz CT molecular complexity index is 318. The molecule has 4 heteroatoms. The predicted octanol–water partition coefficient (Wildman–Crippen LogP) is 3.84. The van der Waals surface area contributed by atoms with Crippen molar-refractivity contribution >= 4 is 24.0 Å². The maximum Gasteiger partial charge on any atom is 0.137 e. The summed E-state index contributed by atoms with van der Waals surface area (Å²) >= 11 is 6.05. The number of hydrogen-bond acceptors (Lipinski definition) is 2. The summed E-state index contributed by atoms with van der Waals surface area (Å²) in [6, 6.07) is 5.84. The van der Waals surface area contributed by atoms with Crippen LogP contribution >= 0.6 is 24.0 Å². The number of aryl methyl sites for hydroxylation is 1. The Balaban J connectivity index is 0.00000256. The SMILES string of the molecule is CCCCNCCOc1ccc(C)cc1Cl.Cl. The van der Waals surface area contributed by atoms with Gasteiger partial charge in [-0.3, -0.25) is 0 Å². The molecule has 1 N–H and O–H groups in total. The van der Waals surface area contributed by atoms with Gasteiger partial charge in [-0.15, -0.1) is 12.4 Å². The van der Waals surface area contributed by atoms with Crippen LogP contribution in [0.2, 0.25) is 5.02 Å². The summed E-state index contributed by atoms with van der Waals surface area (Å²) in [7, 11) is 0. The zero-order chi connectivity index (χ0) is 11.8. The molecule has 0 aliphatic heterocycles. The molecule has 17 heavy (non-hydrogen) atoms. The van der Waals surface area contributed by atoms with Crippen molar-refractivity contribution in [2.75, 3.05) is 19.7 Å². The molecule has 0 bridgehead atoms.